The van der Waals surface area contributed by atoms with Crippen LogP contribution in [0.5, 0.6) is 0 Å². The molecule has 0 aliphatic rings. The average molecular weight is 229 g/mol. The molecule has 3 nitrogen and oxygen atoms in total. The van der Waals surface area contributed by atoms with Gasteiger partial charge in [-0.25, -0.2) is 0 Å². The third-order valence-corrected chi connectivity index (χ3v) is 3.11. The van der Waals surface area contributed by atoms with E-state index < -0.39 is 0 Å². The van der Waals surface area contributed by atoms with Crippen LogP contribution in [0, 0.1) is 0 Å². The van der Waals surface area contributed by atoms with Gasteiger partial charge in [-0.1, -0.05) is 44.2 Å². The molecule has 0 saturated heterocycles. The number of hydrogen-bond acceptors (Lipinski definition) is 2. The highest BCUT2D eigenvalue weighted by Crippen LogP contribution is 2.20. The predicted molar refractivity (Wildman–Crippen MR) is 69.9 cm³/mol. The van der Waals surface area contributed by atoms with Crippen LogP contribution in [-0.2, 0) is 12.0 Å². The first-order chi connectivity index (χ1) is 8.12. The molecule has 0 amide bonds. The standard InChI is InChI=1S/C14H19N3/c1-14(2,11-15)13-8-16-17(10-13)9-12-6-4-3-5-7-12/h3-8,10H,9,11,15H2,1-2H3. The van der Waals surface area contributed by atoms with Crippen LogP contribution in [0.4, 0.5) is 0 Å². The Kier molecular flexibility index (Phi) is 3.29. The zero-order valence-corrected chi connectivity index (χ0v) is 10.4. The molecule has 0 aliphatic heterocycles. The van der Waals surface area contributed by atoms with Gasteiger partial charge in [-0.2, -0.15) is 5.10 Å². The topological polar surface area (TPSA) is 43.8 Å². The molecular weight excluding hydrogens is 210 g/mol. The van der Waals surface area contributed by atoms with Crippen molar-refractivity contribution in [3.8, 4) is 0 Å². The second-order valence-electron chi connectivity index (χ2n) is 5.00. The van der Waals surface area contributed by atoms with E-state index in [0.717, 1.165) is 6.54 Å². The molecule has 0 radical (unpaired) electrons. The van der Waals surface area contributed by atoms with Gasteiger partial charge in [0.1, 0.15) is 0 Å². The smallest absolute Gasteiger partial charge is 0.0659 e. The molecule has 90 valence electrons. The summed E-state index contributed by atoms with van der Waals surface area (Å²) in [5.74, 6) is 0. The molecule has 0 atom stereocenters. The number of aromatic nitrogens is 2. The first-order valence-electron chi connectivity index (χ1n) is 5.89. The van der Waals surface area contributed by atoms with E-state index in [-0.39, 0.29) is 5.41 Å². The average Bonchev–Trinajstić information content (AvgIpc) is 2.80. The highest BCUT2D eigenvalue weighted by Gasteiger charge is 2.20. The van der Waals surface area contributed by atoms with E-state index in [1.54, 1.807) is 0 Å². The molecule has 1 heterocycles. The summed E-state index contributed by atoms with van der Waals surface area (Å²) in [5.41, 5.74) is 8.21. The third kappa shape index (κ3) is 2.74. The van der Waals surface area contributed by atoms with E-state index in [4.69, 9.17) is 5.73 Å². The van der Waals surface area contributed by atoms with Gasteiger partial charge in [0.15, 0.2) is 0 Å². The van der Waals surface area contributed by atoms with Crippen molar-refractivity contribution in [1.29, 1.82) is 0 Å². The zero-order chi connectivity index (χ0) is 12.3. The molecule has 0 fully saturated rings. The maximum absolute atomic E-state index is 5.76. The maximum atomic E-state index is 5.76. The van der Waals surface area contributed by atoms with Gasteiger partial charge in [-0.05, 0) is 11.1 Å². The monoisotopic (exact) mass is 229 g/mol. The summed E-state index contributed by atoms with van der Waals surface area (Å²) in [4.78, 5) is 0. The molecule has 2 aromatic rings. The van der Waals surface area contributed by atoms with E-state index >= 15 is 0 Å². The molecule has 17 heavy (non-hydrogen) atoms. The summed E-state index contributed by atoms with van der Waals surface area (Å²) in [6.45, 7) is 5.71. The summed E-state index contributed by atoms with van der Waals surface area (Å²) in [6.07, 6.45) is 4.00. The summed E-state index contributed by atoms with van der Waals surface area (Å²) < 4.78 is 1.96. The lowest BCUT2D eigenvalue weighted by atomic mass is 9.87. The van der Waals surface area contributed by atoms with Crippen molar-refractivity contribution in [1.82, 2.24) is 9.78 Å². The summed E-state index contributed by atoms with van der Waals surface area (Å²) in [6, 6.07) is 10.3. The fraction of sp³-hybridized carbons (Fsp3) is 0.357. The Morgan fingerprint density at radius 3 is 2.59 bits per heavy atom. The molecule has 0 aliphatic carbocycles. The molecule has 0 bridgehead atoms. The second kappa shape index (κ2) is 4.72. The van der Waals surface area contributed by atoms with Crippen molar-refractivity contribution < 1.29 is 0 Å². The predicted octanol–water partition coefficient (Wildman–Crippen LogP) is 2.17. The quantitative estimate of drug-likeness (QED) is 0.873. The van der Waals surface area contributed by atoms with Crippen LogP contribution < -0.4 is 5.73 Å². The fourth-order valence-electron chi connectivity index (χ4n) is 1.69. The SMILES string of the molecule is CC(C)(CN)c1cnn(Cc2ccccc2)c1. The van der Waals surface area contributed by atoms with Crippen LogP contribution in [0.25, 0.3) is 0 Å². The van der Waals surface area contributed by atoms with E-state index in [9.17, 15) is 0 Å². The van der Waals surface area contributed by atoms with Crippen LogP contribution in [-0.4, -0.2) is 16.3 Å². The number of nitrogens with zero attached hydrogens (tertiary/aromatic N) is 2. The molecule has 1 aromatic carbocycles. The number of nitrogens with two attached hydrogens (primary N) is 1. The highest BCUT2D eigenvalue weighted by atomic mass is 15.3. The molecular formula is C14H19N3. The number of benzene rings is 1. The normalized spacial score (nSPS) is 11.7. The number of rotatable bonds is 4. The second-order valence-corrected chi connectivity index (χ2v) is 5.00. The fourth-order valence-corrected chi connectivity index (χ4v) is 1.69. The Labute approximate surface area is 102 Å². The van der Waals surface area contributed by atoms with Gasteiger partial charge >= 0.3 is 0 Å². The van der Waals surface area contributed by atoms with Crippen LogP contribution in [0.15, 0.2) is 42.7 Å². The lowest BCUT2D eigenvalue weighted by Gasteiger charge is -2.19. The first-order valence-corrected chi connectivity index (χ1v) is 5.89. The molecule has 1 aromatic heterocycles. The van der Waals surface area contributed by atoms with E-state index in [1.807, 2.05) is 29.1 Å². The molecule has 3 heteroatoms. The lowest BCUT2D eigenvalue weighted by Crippen LogP contribution is -2.27. The van der Waals surface area contributed by atoms with E-state index in [1.165, 1.54) is 11.1 Å². The van der Waals surface area contributed by atoms with Gasteiger partial charge in [0.25, 0.3) is 0 Å². The van der Waals surface area contributed by atoms with E-state index in [2.05, 4.69) is 37.3 Å². The van der Waals surface area contributed by atoms with E-state index in [0.29, 0.717) is 6.54 Å². The van der Waals surface area contributed by atoms with Crippen molar-refractivity contribution in [2.24, 2.45) is 5.73 Å². The maximum Gasteiger partial charge on any atom is 0.0659 e. The van der Waals surface area contributed by atoms with Gasteiger partial charge in [0.05, 0.1) is 12.7 Å². The Morgan fingerprint density at radius 2 is 1.94 bits per heavy atom. The summed E-state index contributed by atoms with van der Waals surface area (Å²) >= 11 is 0. The Bertz CT molecular complexity index is 471. The highest BCUT2D eigenvalue weighted by molar-refractivity contribution is 5.19. The molecule has 0 spiro atoms. The van der Waals surface area contributed by atoms with Crippen molar-refractivity contribution in [2.75, 3.05) is 6.54 Å². The van der Waals surface area contributed by atoms with Crippen molar-refractivity contribution in [3.05, 3.63) is 53.9 Å². The van der Waals surface area contributed by atoms with Crippen LogP contribution in [0.2, 0.25) is 0 Å². The summed E-state index contributed by atoms with van der Waals surface area (Å²) in [5, 5.41) is 4.39. The molecule has 2 rings (SSSR count). The van der Waals surface area contributed by atoms with Crippen molar-refractivity contribution in [2.45, 2.75) is 25.8 Å². The van der Waals surface area contributed by atoms with Gasteiger partial charge in [0.2, 0.25) is 0 Å². The third-order valence-electron chi connectivity index (χ3n) is 3.11. The van der Waals surface area contributed by atoms with Crippen molar-refractivity contribution >= 4 is 0 Å². The Balaban J connectivity index is 2.14. The Hall–Kier alpha value is -1.61. The van der Waals surface area contributed by atoms with Crippen LogP contribution in [0.1, 0.15) is 25.0 Å². The number of hydrogen-bond donors (Lipinski definition) is 1. The molecule has 0 saturated carbocycles. The molecule has 2 N–H and O–H groups in total. The van der Waals surface area contributed by atoms with Crippen molar-refractivity contribution in [3.63, 3.8) is 0 Å². The van der Waals surface area contributed by atoms with Gasteiger partial charge in [-0.15, -0.1) is 0 Å². The minimum absolute atomic E-state index is 0.00502. The Morgan fingerprint density at radius 1 is 1.24 bits per heavy atom. The lowest BCUT2D eigenvalue weighted by molar-refractivity contribution is 0.537. The first kappa shape index (κ1) is 11.9. The van der Waals surface area contributed by atoms with Gasteiger partial charge < -0.3 is 5.73 Å². The largest absolute Gasteiger partial charge is 0.330 e. The van der Waals surface area contributed by atoms with Crippen LogP contribution in [0.3, 0.4) is 0 Å². The van der Waals surface area contributed by atoms with Gasteiger partial charge in [-0.3, -0.25) is 4.68 Å². The van der Waals surface area contributed by atoms with Crippen LogP contribution >= 0.6 is 0 Å². The molecule has 0 unspecified atom stereocenters. The summed E-state index contributed by atoms with van der Waals surface area (Å²) in [7, 11) is 0. The zero-order valence-electron chi connectivity index (χ0n) is 10.4. The minimum Gasteiger partial charge on any atom is -0.330 e. The van der Waals surface area contributed by atoms with Gasteiger partial charge in [0, 0.05) is 18.2 Å². The minimum atomic E-state index is -0.00502.